The molecule has 0 saturated heterocycles. The summed E-state index contributed by atoms with van der Waals surface area (Å²) < 4.78 is 0. The lowest BCUT2D eigenvalue weighted by Gasteiger charge is -2.29. The van der Waals surface area contributed by atoms with Crippen LogP contribution >= 0.6 is 0 Å². The number of phenols is 1. The SMILES string of the molecule is NCC1(C(=O)NCCc2ccc(O)cc2)CCCCCC1. The van der Waals surface area contributed by atoms with Crippen LogP contribution in [0.2, 0.25) is 0 Å². The van der Waals surface area contributed by atoms with Crippen LogP contribution in [0.5, 0.6) is 5.75 Å². The Morgan fingerprint density at radius 3 is 2.33 bits per heavy atom. The molecule has 0 aliphatic heterocycles. The normalized spacial score (nSPS) is 18.0. The Bertz CT molecular complexity index is 448. The van der Waals surface area contributed by atoms with Crippen molar-refractivity contribution >= 4 is 5.91 Å². The number of amides is 1. The van der Waals surface area contributed by atoms with Gasteiger partial charge in [0, 0.05) is 13.1 Å². The van der Waals surface area contributed by atoms with Gasteiger partial charge in [-0.3, -0.25) is 4.79 Å². The highest BCUT2D eigenvalue weighted by Gasteiger charge is 2.36. The van der Waals surface area contributed by atoms with Gasteiger partial charge in [-0.05, 0) is 37.0 Å². The minimum absolute atomic E-state index is 0.116. The Hall–Kier alpha value is -1.55. The fraction of sp³-hybridized carbons (Fsp3) is 0.588. The Kier molecular flexibility index (Phi) is 5.62. The van der Waals surface area contributed by atoms with Gasteiger partial charge < -0.3 is 16.2 Å². The zero-order valence-corrected chi connectivity index (χ0v) is 12.6. The summed E-state index contributed by atoms with van der Waals surface area (Å²) in [4.78, 5) is 12.5. The number of nitrogens with two attached hydrogens (primary N) is 1. The number of rotatable bonds is 5. The van der Waals surface area contributed by atoms with Crippen LogP contribution in [-0.4, -0.2) is 24.1 Å². The van der Waals surface area contributed by atoms with E-state index in [-0.39, 0.29) is 17.1 Å². The Morgan fingerprint density at radius 1 is 1.14 bits per heavy atom. The van der Waals surface area contributed by atoms with Gasteiger partial charge in [0.15, 0.2) is 0 Å². The van der Waals surface area contributed by atoms with Crippen LogP contribution in [0.1, 0.15) is 44.1 Å². The summed E-state index contributed by atoms with van der Waals surface area (Å²) in [5, 5.41) is 12.3. The molecule has 1 aliphatic rings. The molecule has 0 unspecified atom stereocenters. The Morgan fingerprint density at radius 2 is 1.76 bits per heavy atom. The number of benzene rings is 1. The van der Waals surface area contributed by atoms with Gasteiger partial charge in [-0.1, -0.05) is 37.8 Å². The first-order valence-electron chi connectivity index (χ1n) is 7.93. The number of hydrogen-bond donors (Lipinski definition) is 3. The number of aromatic hydroxyl groups is 1. The van der Waals surface area contributed by atoms with E-state index in [1.807, 2.05) is 12.1 Å². The summed E-state index contributed by atoms with van der Waals surface area (Å²) in [6.45, 7) is 1.06. The molecule has 1 aromatic rings. The molecule has 1 saturated carbocycles. The number of carbonyl (C=O) groups excluding carboxylic acids is 1. The molecule has 0 radical (unpaired) electrons. The number of phenolic OH excluding ortho intramolecular Hbond substituents is 1. The second-order valence-electron chi connectivity index (χ2n) is 6.07. The van der Waals surface area contributed by atoms with Gasteiger partial charge >= 0.3 is 0 Å². The number of hydrogen-bond acceptors (Lipinski definition) is 3. The van der Waals surface area contributed by atoms with E-state index >= 15 is 0 Å². The van der Waals surface area contributed by atoms with Crippen molar-refractivity contribution in [3.8, 4) is 5.75 Å². The minimum atomic E-state index is -0.356. The molecule has 1 aromatic carbocycles. The van der Waals surface area contributed by atoms with E-state index in [1.54, 1.807) is 12.1 Å². The molecule has 0 heterocycles. The maximum Gasteiger partial charge on any atom is 0.227 e. The quantitative estimate of drug-likeness (QED) is 0.729. The fourth-order valence-electron chi connectivity index (χ4n) is 3.10. The molecule has 0 spiro atoms. The van der Waals surface area contributed by atoms with Crippen molar-refractivity contribution in [3.63, 3.8) is 0 Å². The first kappa shape index (κ1) is 15.8. The lowest BCUT2D eigenvalue weighted by Crippen LogP contribution is -2.46. The van der Waals surface area contributed by atoms with E-state index in [4.69, 9.17) is 5.73 Å². The molecule has 4 nitrogen and oxygen atoms in total. The minimum Gasteiger partial charge on any atom is -0.508 e. The van der Waals surface area contributed by atoms with Crippen molar-refractivity contribution in [1.29, 1.82) is 0 Å². The molecule has 0 aromatic heterocycles. The molecule has 4 N–H and O–H groups in total. The van der Waals surface area contributed by atoms with E-state index in [2.05, 4.69) is 5.32 Å². The van der Waals surface area contributed by atoms with Crippen LogP contribution < -0.4 is 11.1 Å². The van der Waals surface area contributed by atoms with Crippen LogP contribution in [-0.2, 0) is 11.2 Å². The number of carbonyl (C=O) groups is 1. The smallest absolute Gasteiger partial charge is 0.227 e. The standard InChI is InChI=1S/C17H26N2O2/c18-13-17(10-3-1-2-4-11-17)16(21)19-12-9-14-5-7-15(20)8-6-14/h5-8,20H,1-4,9-13,18H2,(H,19,21). The summed E-state index contributed by atoms with van der Waals surface area (Å²) in [7, 11) is 0. The van der Waals surface area contributed by atoms with Gasteiger partial charge in [-0.25, -0.2) is 0 Å². The zero-order valence-electron chi connectivity index (χ0n) is 12.6. The van der Waals surface area contributed by atoms with Crippen LogP contribution in [0.3, 0.4) is 0 Å². The van der Waals surface area contributed by atoms with Gasteiger partial charge in [0.2, 0.25) is 5.91 Å². The van der Waals surface area contributed by atoms with E-state index in [9.17, 15) is 9.90 Å². The zero-order chi connectivity index (χ0) is 15.1. The summed E-state index contributed by atoms with van der Waals surface area (Å²) in [6, 6.07) is 7.10. The molecular formula is C17H26N2O2. The average molecular weight is 290 g/mol. The van der Waals surface area contributed by atoms with Gasteiger partial charge in [-0.15, -0.1) is 0 Å². The summed E-state index contributed by atoms with van der Waals surface area (Å²) >= 11 is 0. The first-order valence-corrected chi connectivity index (χ1v) is 7.93. The average Bonchev–Trinajstić information content (AvgIpc) is 2.75. The highest BCUT2D eigenvalue weighted by Crippen LogP contribution is 2.34. The summed E-state index contributed by atoms with van der Waals surface area (Å²) in [5.74, 6) is 0.383. The van der Waals surface area contributed by atoms with Crippen LogP contribution in [0, 0.1) is 5.41 Å². The Balaban J connectivity index is 1.86. The van der Waals surface area contributed by atoms with E-state index < -0.39 is 0 Å². The van der Waals surface area contributed by atoms with Crippen molar-refractivity contribution in [3.05, 3.63) is 29.8 Å². The highest BCUT2D eigenvalue weighted by atomic mass is 16.3. The molecule has 2 rings (SSSR count). The maximum absolute atomic E-state index is 12.5. The van der Waals surface area contributed by atoms with Crippen molar-refractivity contribution in [2.24, 2.45) is 11.1 Å². The molecule has 1 aliphatic carbocycles. The van der Waals surface area contributed by atoms with Crippen molar-refractivity contribution < 1.29 is 9.90 Å². The molecule has 4 heteroatoms. The van der Waals surface area contributed by atoms with E-state index in [1.165, 1.54) is 12.8 Å². The Labute approximate surface area is 126 Å². The summed E-state index contributed by atoms with van der Waals surface area (Å²) in [6.07, 6.45) is 7.21. The highest BCUT2D eigenvalue weighted by molar-refractivity contribution is 5.82. The van der Waals surface area contributed by atoms with Gasteiger partial charge in [0.25, 0.3) is 0 Å². The largest absolute Gasteiger partial charge is 0.508 e. The molecule has 0 bridgehead atoms. The third-order valence-electron chi connectivity index (χ3n) is 4.57. The molecule has 0 atom stereocenters. The van der Waals surface area contributed by atoms with Gasteiger partial charge in [-0.2, -0.15) is 0 Å². The van der Waals surface area contributed by atoms with Crippen molar-refractivity contribution in [2.75, 3.05) is 13.1 Å². The van der Waals surface area contributed by atoms with Gasteiger partial charge in [0.1, 0.15) is 5.75 Å². The monoisotopic (exact) mass is 290 g/mol. The summed E-state index contributed by atoms with van der Waals surface area (Å²) in [5.41, 5.74) is 6.67. The molecule has 116 valence electrons. The third-order valence-corrected chi connectivity index (χ3v) is 4.57. The predicted octanol–water partition coefficient (Wildman–Crippen LogP) is 2.35. The van der Waals surface area contributed by atoms with Gasteiger partial charge in [0.05, 0.1) is 5.41 Å². The van der Waals surface area contributed by atoms with E-state index in [0.717, 1.165) is 37.7 Å². The van der Waals surface area contributed by atoms with E-state index in [0.29, 0.717) is 13.1 Å². The van der Waals surface area contributed by atoms with Crippen LogP contribution in [0.4, 0.5) is 0 Å². The second kappa shape index (κ2) is 7.46. The molecule has 1 amide bonds. The van der Waals surface area contributed by atoms with Crippen LogP contribution in [0.25, 0.3) is 0 Å². The lowest BCUT2D eigenvalue weighted by atomic mass is 9.79. The van der Waals surface area contributed by atoms with Crippen LogP contribution in [0.15, 0.2) is 24.3 Å². The lowest BCUT2D eigenvalue weighted by molar-refractivity contribution is -0.131. The molecular weight excluding hydrogens is 264 g/mol. The first-order chi connectivity index (χ1) is 10.2. The third kappa shape index (κ3) is 4.21. The predicted molar refractivity (Wildman–Crippen MR) is 84.0 cm³/mol. The van der Waals surface area contributed by atoms with Crippen molar-refractivity contribution in [1.82, 2.24) is 5.32 Å². The number of nitrogens with one attached hydrogen (secondary N) is 1. The second-order valence-corrected chi connectivity index (χ2v) is 6.07. The topological polar surface area (TPSA) is 75.4 Å². The molecule has 1 fully saturated rings. The maximum atomic E-state index is 12.5. The van der Waals surface area contributed by atoms with Crippen molar-refractivity contribution in [2.45, 2.75) is 44.9 Å². The fourth-order valence-corrected chi connectivity index (χ4v) is 3.10. The molecule has 21 heavy (non-hydrogen) atoms.